The lowest BCUT2D eigenvalue weighted by molar-refractivity contribution is -0.150. The molecule has 0 fully saturated rings. The molecule has 0 aromatic rings. The Morgan fingerprint density at radius 1 is 0.521 bits per heavy atom. The van der Waals surface area contributed by atoms with Gasteiger partial charge in [0, 0.05) is 19.6 Å². The summed E-state index contributed by atoms with van der Waals surface area (Å²) in [4.78, 5) is 33.8. The summed E-state index contributed by atoms with van der Waals surface area (Å²) in [5, 5.41) is 11.2. The average molecular weight is 698 g/mol. The number of carbonyl (C=O) groups excluding carboxylic acids is 2. The van der Waals surface area contributed by atoms with Gasteiger partial charge in [0.1, 0.15) is 6.61 Å². The van der Waals surface area contributed by atoms with Crippen LogP contribution < -0.4 is 5.32 Å². The molecule has 15 nitrogen and oxygen atoms in total. The molecule has 2 N–H and O–H groups in total. The SMILES string of the molecule is CCCCC(CC)C(=O)OCCOCCOCCOCCOCCOCCOCCOCCOCCOCCCNC(=O)CCC(=O)O. The monoisotopic (exact) mass is 697 g/mol. The van der Waals surface area contributed by atoms with E-state index in [-0.39, 0.29) is 37.2 Å². The van der Waals surface area contributed by atoms with E-state index in [0.717, 1.165) is 25.7 Å². The van der Waals surface area contributed by atoms with E-state index in [1.165, 1.54) is 0 Å². The average Bonchev–Trinajstić information content (AvgIpc) is 3.08. The van der Waals surface area contributed by atoms with Gasteiger partial charge in [-0.15, -0.1) is 0 Å². The fourth-order valence-electron chi connectivity index (χ4n) is 3.83. The van der Waals surface area contributed by atoms with Crippen LogP contribution in [0.2, 0.25) is 0 Å². The number of nitrogens with one attached hydrogen (secondary N) is 1. The van der Waals surface area contributed by atoms with E-state index in [0.29, 0.717) is 132 Å². The predicted molar refractivity (Wildman–Crippen MR) is 176 cm³/mol. The van der Waals surface area contributed by atoms with Crippen molar-refractivity contribution < 1.29 is 66.9 Å². The van der Waals surface area contributed by atoms with Crippen LogP contribution >= 0.6 is 0 Å². The zero-order valence-corrected chi connectivity index (χ0v) is 29.4. The van der Waals surface area contributed by atoms with Gasteiger partial charge < -0.3 is 57.8 Å². The van der Waals surface area contributed by atoms with Gasteiger partial charge in [-0.05, 0) is 19.3 Å². The van der Waals surface area contributed by atoms with Gasteiger partial charge in [0.2, 0.25) is 5.91 Å². The Hall–Kier alpha value is -1.95. The van der Waals surface area contributed by atoms with Crippen LogP contribution in [-0.2, 0) is 61.8 Å². The number of carboxylic acids is 1. The van der Waals surface area contributed by atoms with Gasteiger partial charge in [0.15, 0.2) is 0 Å². The zero-order valence-electron chi connectivity index (χ0n) is 29.4. The maximum Gasteiger partial charge on any atom is 0.308 e. The third-order valence-electron chi connectivity index (χ3n) is 6.53. The molecule has 0 aromatic heterocycles. The van der Waals surface area contributed by atoms with Crippen LogP contribution in [0.3, 0.4) is 0 Å². The van der Waals surface area contributed by atoms with Crippen molar-refractivity contribution in [3.63, 3.8) is 0 Å². The van der Waals surface area contributed by atoms with E-state index in [2.05, 4.69) is 12.2 Å². The predicted octanol–water partition coefficient (Wildman–Crippen LogP) is 2.27. The number of carboxylic acid groups (broad SMARTS) is 1. The Bertz CT molecular complexity index is 730. The van der Waals surface area contributed by atoms with E-state index in [4.69, 9.17) is 52.5 Å². The first kappa shape index (κ1) is 46.0. The summed E-state index contributed by atoms with van der Waals surface area (Å²) < 4.78 is 54.3. The molecule has 0 heterocycles. The molecule has 0 bridgehead atoms. The molecule has 1 atom stereocenters. The second-order valence-electron chi connectivity index (χ2n) is 10.5. The van der Waals surface area contributed by atoms with Crippen molar-refractivity contribution in [2.24, 2.45) is 5.92 Å². The number of amides is 1. The van der Waals surface area contributed by atoms with Crippen LogP contribution in [0.4, 0.5) is 0 Å². The molecule has 0 saturated heterocycles. The summed E-state index contributed by atoms with van der Waals surface area (Å²) in [6.07, 6.45) is 4.28. The summed E-state index contributed by atoms with van der Waals surface area (Å²) in [5.74, 6) is -1.39. The molecule has 15 heteroatoms. The largest absolute Gasteiger partial charge is 0.481 e. The number of aliphatic carboxylic acids is 1. The molecule has 48 heavy (non-hydrogen) atoms. The minimum Gasteiger partial charge on any atom is -0.481 e. The molecule has 0 aliphatic rings. The highest BCUT2D eigenvalue weighted by molar-refractivity contribution is 5.80. The van der Waals surface area contributed by atoms with E-state index in [9.17, 15) is 14.4 Å². The van der Waals surface area contributed by atoms with E-state index < -0.39 is 5.97 Å². The van der Waals surface area contributed by atoms with Crippen LogP contribution in [0.25, 0.3) is 0 Å². The zero-order chi connectivity index (χ0) is 35.2. The lowest BCUT2D eigenvalue weighted by Gasteiger charge is -2.13. The van der Waals surface area contributed by atoms with Crippen LogP contribution in [0.5, 0.6) is 0 Å². The number of unbranched alkanes of at least 4 members (excludes halogenated alkanes) is 1. The van der Waals surface area contributed by atoms with Crippen LogP contribution in [0.1, 0.15) is 58.8 Å². The highest BCUT2D eigenvalue weighted by Gasteiger charge is 2.17. The Morgan fingerprint density at radius 3 is 1.25 bits per heavy atom. The van der Waals surface area contributed by atoms with Crippen LogP contribution in [0, 0.1) is 5.92 Å². The van der Waals surface area contributed by atoms with Crippen molar-refractivity contribution in [1.82, 2.24) is 5.32 Å². The van der Waals surface area contributed by atoms with Gasteiger partial charge in [0.05, 0.1) is 125 Å². The van der Waals surface area contributed by atoms with Gasteiger partial charge in [-0.1, -0.05) is 26.7 Å². The second kappa shape index (κ2) is 37.9. The van der Waals surface area contributed by atoms with Crippen molar-refractivity contribution in [2.75, 3.05) is 132 Å². The molecule has 0 aliphatic carbocycles. The molecule has 284 valence electrons. The minimum absolute atomic E-state index is 0.0108. The van der Waals surface area contributed by atoms with Crippen molar-refractivity contribution >= 4 is 17.8 Å². The highest BCUT2D eigenvalue weighted by atomic mass is 16.6. The first-order valence-electron chi connectivity index (χ1n) is 17.4. The molecule has 0 aliphatic heterocycles. The Morgan fingerprint density at radius 2 is 0.896 bits per heavy atom. The lowest BCUT2D eigenvalue weighted by Crippen LogP contribution is -2.25. The van der Waals surface area contributed by atoms with Crippen LogP contribution in [0.15, 0.2) is 0 Å². The van der Waals surface area contributed by atoms with E-state index in [1.54, 1.807) is 0 Å². The second-order valence-corrected chi connectivity index (χ2v) is 10.5. The van der Waals surface area contributed by atoms with Gasteiger partial charge >= 0.3 is 11.9 Å². The fourth-order valence-corrected chi connectivity index (χ4v) is 3.83. The number of ether oxygens (including phenoxy) is 10. The molecule has 0 rings (SSSR count). The molecule has 0 aromatic carbocycles. The smallest absolute Gasteiger partial charge is 0.308 e. The number of carbonyl (C=O) groups is 3. The van der Waals surface area contributed by atoms with E-state index in [1.807, 2.05) is 6.92 Å². The van der Waals surface area contributed by atoms with Crippen LogP contribution in [-0.4, -0.2) is 155 Å². The molecule has 0 saturated carbocycles. The molecular formula is C33H63NO14. The highest BCUT2D eigenvalue weighted by Crippen LogP contribution is 2.14. The molecule has 1 unspecified atom stereocenters. The Labute approximate surface area is 286 Å². The van der Waals surface area contributed by atoms with Gasteiger partial charge in [-0.3, -0.25) is 14.4 Å². The van der Waals surface area contributed by atoms with Crippen molar-refractivity contribution in [3.05, 3.63) is 0 Å². The van der Waals surface area contributed by atoms with Crippen molar-refractivity contribution in [1.29, 1.82) is 0 Å². The summed E-state index contributed by atoms with van der Waals surface area (Å²) in [6.45, 7) is 13.2. The van der Waals surface area contributed by atoms with Crippen molar-refractivity contribution in [3.8, 4) is 0 Å². The topological polar surface area (TPSA) is 176 Å². The maximum atomic E-state index is 12.0. The summed E-state index contributed by atoms with van der Waals surface area (Å²) in [5.41, 5.74) is 0. The number of rotatable bonds is 39. The first-order chi connectivity index (χ1) is 23.5. The van der Waals surface area contributed by atoms with Gasteiger partial charge in [-0.25, -0.2) is 0 Å². The summed E-state index contributed by atoms with van der Waals surface area (Å²) >= 11 is 0. The fraction of sp³-hybridized carbons (Fsp3) is 0.909. The Balaban J connectivity index is 3.18. The van der Waals surface area contributed by atoms with E-state index >= 15 is 0 Å². The Kier molecular flexibility index (Phi) is 36.3. The minimum atomic E-state index is -0.984. The van der Waals surface area contributed by atoms with Crippen molar-refractivity contribution in [2.45, 2.75) is 58.8 Å². The lowest BCUT2D eigenvalue weighted by atomic mass is 10.00. The number of hydrogen-bond acceptors (Lipinski definition) is 13. The molecule has 0 radical (unpaired) electrons. The summed E-state index contributed by atoms with van der Waals surface area (Å²) in [6, 6.07) is 0. The third kappa shape index (κ3) is 35.4. The normalized spacial score (nSPS) is 11.9. The maximum absolute atomic E-state index is 12.0. The standard InChI is InChI=1S/C33H63NO14/c1-3-5-7-30(4-2)33(38)48-29-28-47-27-26-46-25-24-45-23-22-44-21-20-43-19-18-42-17-16-41-15-14-40-13-12-39-11-6-10-34-31(35)8-9-32(36)37/h30H,3-29H2,1-2H3,(H,34,35)(H,36,37). The molecule has 0 spiro atoms. The summed E-state index contributed by atoms with van der Waals surface area (Å²) in [7, 11) is 0. The van der Waals surface area contributed by atoms with Gasteiger partial charge in [0.25, 0.3) is 0 Å². The third-order valence-corrected chi connectivity index (χ3v) is 6.53. The van der Waals surface area contributed by atoms with Gasteiger partial charge in [-0.2, -0.15) is 0 Å². The number of hydrogen-bond donors (Lipinski definition) is 2. The quantitative estimate of drug-likeness (QED) is 0.0707. The molecular weight excluding hydrogens is 634 g/mol. The number of esters is 1. The molecule has 1 amide bonds. The first-order valence-corrected chi connectivity index (χ1v) is 17.4.